The van der Waals surface area contributed by atoms with Crippen LogP contribution in [0.1, 0.15) is 30.4 Å². The van der Waals surface area contributed by atoms with Gasteiger partial charge in [-0.2, -0.15) is 0 Å². The zero-order valence-electron chi connectivity index (χ0n) is 20.4. The molecule has 4 aromatic rings. The number of aromatic nitrogens is 1. The quantitative estimate of drug-likeness (QED) is 0.326. The number of hydrogen-bond acceptors (Lipinski definition) is 4. The molecule has 3 aromatic carbocycles. The fourth-order valence-corrected chi connectivity index (χ4v) is 5.61. The van der Waals surface area contributed by atoms with Crippen molar-refractivity contribution in [2.75, 3.05) is 18.4 Å². The maximum Gasteiger partial charge on any atom is 0.236 e. The van der Waals surface area contributed by atoms with Gasteiger partial charge in [0.2, 0.25) is 11.8 Å². The monoisotopic (exact) mass is 513 g/mol. The van der Waals surface area contributed by atoms with E-state index in [2.05, 4.69) is 10.3 Å². The Balaban J connectivity index is 1.28. The number of aryl methyl sites for hydroxylation is 1. The predicted octanol–water partition coefficient (Wildman–Crippen LogP) is 6.08. The summed E-state index contributed by atoms with van der Waals surface area (Å²) in [6, 6.07) is 25.9. The van der Waals surface area contributed by atoms with Crippen LogP contribution in [0.4, 0.5) is 9.52 Å². The molecular weight excluding hydrogens is 485 g/mol. The SMILES string of the molecule is O=C(CCc1ccc(F)cc1)N1CCC(C(=O)Nc2nc(-c3ccccc3)cs2)(c2ccccc2)CC1. The van der Waals surface area contributed by atoms with Crippen LogP contribution in [0.15, 0.2) is 90.3 Å². The van der Waals surface area contributed by atoms with Gasteiger partial charge in [-0.3, -0.25) is 9.59 Å². The molecular formula is C30H28FN3O2S. The van der Waals surface area contributed by atoms with E-state index in [-0.39, 0.29) is 17.6 Å². The predicted molar refractivity (Wildman–Crippen MR) is 145 cm³/mol. The topological polar surface area (TPSA) is 62.3 Å². The van der Waals surface area contributed by atoms with Crippen molar-refractivity contribution in [2.24, 2.45) is 0 Å². The van der Waals surface area contributed by atoms with Gasteiger partial charge in [0.25, 0.3) is 0 Å². The third kappa shape index (κ3) is 5.62. The minimum atomic E-state index is -0.742. The van der Waals surface area contributed by atoms with Gasteiger partial charge in [0.1, 0.15) is 5.82 Å². The number of thiazole rings is 1. The minimum absolute atomic E-state index is 0.0545. The van der Waals surface area contributed by atoms with Crippen LogP contribution < -0.4 is 5.32 Å². The van der Waals surface area contributed by atoms with Crippen LogP contribution in [0.5, 0.6) is 0 Å². The second-order valence-corrected chi connectivity index (χ2v) is 10.2. The molecule has 1 saturated heterocycles. The van der Waals surface area contributed by atoms with E-state index in [1.165, 1.54) is 23.5 Å². The number of piperidine rings is 1. The summed E-state index contributed by atoms with van der Waals surface area (Å²) in [6.07, 6.45) is 1.98. The largest absolute Gasteiger partial charge is 0.343 e. The van der Waals surface area contributed by atoms with Gasteiger partial charge in [-0.1, -0.05) is 72.8 Å². The molecule has 0 unspecified atom stereocenters. The van der Waals surface area contributed by atoms with E-state index < -0.39 is 5.41 Å². The van der Waals surface area contributed by atoms with Gasteiger partial charge >= 0.3 is 0 Å². The Labute approximate surface area is 220 Å². The van der Waals surface area contributed by atoms with Crippen LogP contribution >= 0.6 is 11.3 Å². The molecule has 0 radical (unpaired) electrons. The lowest BCUT2D eigenvalue weighted by molar-refractivity contribution is -0.135. The molecule has 1 fully saturated rings. The lowest BCUT2D eigenvalue weighted by Crippen LogP contribution is -2.51. The molecule has 0 bridgehead atoms. The Bertz CT molecular complexity index is 1350. The number of likely N-dealkylation sites (tertiary alicyclic amines) is 1. The summed E-state index contributed by atoms with van der Waals surface area (Å²) in [5.74, 6) is -0.319. The summed E-state index contributed by atoms with van der Waals surface area (Å²) in [4.78, 5) is 33.2. The lowest BCUT2D eigenvalue weighted by atomic mass is 9.72. The van der Waals surface area contributed by atoms with E-state index in [1.807, 2.05) is 70.9 Å². The third-order valence-corrected chi connectivity index (χ3v) is 7.82. The molecule has 7 heteroatoms. The van der Waals surface area contributed by atoms with Crippen molar-refractivity contribution in [2.45, 2.75) is 31.1 Å². The number of carbonyl (C=O) groups is 2. The second-order valence-electron chi connectivity index (χ2n) is 9.31. The fourth-order valence-electron chi connectivity index (χ4n) is 4.89. The number of anilines is 1. The van der Waals surface area contributed by atoms with Gasteiger partial charge in [-0.15, -0.1) is 11.3 Å². The first-order valence-electron chi connectivity index (χ1n) is 12.4. The second kappa shape index (κ2) is 11.0. The summed E-state index contributed by atoms with van der Waals surface area (Å²) in [7, 11) is 0. The number of hydrogen-bond donors (Lipinski definition) is 1. The highest BCUT2D eigenvalue weighted by Gasteiger charge is 2.44. The van der Waals surface area contributed by atoms with Gasteiger partial charge in [-0.05, 0) is 42.5 Å². The molecule has 5 rings (SSSR count). The molecule has 1 aliphatic rings. The Hall–Kier alpha value is -3.84. The van der Waals surface area contributed by atoms with E-state index in [1.54, 1.807) is 12.1 Å². The van der Waals surface area contributed by atoms with E-state index in [4.69, 9.17) is 0 Å². The summed E-state index contributed by atoms with van der Waals surface area (Å²) >= 11 is 1.41. The third-order valence-electron chi connectivity index (χ3n) is 7.07. The molecule has 0 aliphatic carbocycles. The first-order chi connectivity index (χ1) is 18.0. The summed E-state index contributed by atoms with van der Waals surface area (Å²) in [6.45, 7) is 0.995. The van der Waals surface area contributed by atoms with Crippen molar-refractivity contribution in [1.29, 1.82) is 0 Å². The summed E-state index contributed by atoms with van der Waals surface area (Å²) < 4.78 is 13.2. The number of rotatable bonds is 7. The number of amides is 2. The lowest BCUT2D eigenvalue weighted by Gasteiger charge is -2.41. The molecule has 0 saturated carbocycles. The van der Waals surface area contributed by atoms with Crippen molar-refractivity contribution in [3.63, 3.8) is 0 Å². The number of carbonyl (C=O) groups excluding carboxylic acids is 2. The molecule has 1 aliphatic heterocycles. The first-order valence-corrected chi connectivity index (χ1v) is 13.3. The Morgan fingerprint density at radius 3 is 2.24 bits per heavy atom. The van der Waals surface area contributed by atoms with E-state index in [9.17, 15) is 14.0 Å². The van der Waals surface area contributed by atoms with Crippen LogP contribution in [0, 0.1) is 5.82 Å². The van der Waals surface area contributed by atoms with Gasteiger partial charge in [-0.25, -0.2) is 9.37 Å². The number of halogens is 1. The van der Waals surface area contributed by atoms with Gasteiger partial charge in [0.15, 0.2) is 5.13 Å². The number of benzene rings is 3. The Kier molecular flexibility index (Phi) is 7.42. The molecule has 2 heterocycles. The van der Waals surface area contributed by atoms with Gasteiger partial charge in [0, 0.05) is 30.5 Å². The molecule has 0 spiro atoms. The Morgan fingerprint density at radius 2 is 1.57 bits per heavy atom. The van der Waals surface area contributed by atoms with Crippen LogP contribution in [-0.4, -0.2) is 34.8 Å². The maximum absolute atomic E-state index is 13.8. The maximum atomic E-state index is 13.8. The van der Waals surface area contributed by atoms with Crippen molar-refractivity contribution in [3.05, 3.63) is 107 Å². The standard InChI is InChI=1S/C30H28FN3O2S/c31-25-14-11-22(12-15-25)13-16-27(35)34-19-17-30(18-20-34,24-9-5-2-6-10-24)28(36)33-29-32-26(21-37-29)23-7-3-1-4-8-23/h1-12,14-15,21H,13,16-20H2,(H,32,33,36). The molecule has 1 N–H and O–H groups in total. The molecule has 1 aromatic heterocycles. The smallest absolute Gasteiger partial charge is 0.236 e. The zero-order valence-corrected chi connectivity index (χ0v) is 21.2. The first kappa shape index (κ1) is 24.8. The van der Waals surface area contributed by atoms with Crippen molar-refractivity contribution in [3.8, 4) is 11.3 Å². The van der Waals surface area contributed by atoms with Gasteiger partial charge in [0.05, 0.1) is 11.1 Å². The summed E-state index contributed by atoms with van der Waals surface area (Å²) in [5.41, 5.74) is 2.97. The van der Waals surface area contributed by atoms with Crippen molar-refractivity contribution in [1.82, 2.24) is 9.88 Å². The molecule has 0 atom stereocenters. The minimum Gasteiger partial charge on any atom is -0.343 e. The van der Waals surface area contributed by atoms with E-state index in [0.29, 0.717) is 43.9 Å². The molecule has 37 heavy (non-hydrogen) atoms. The average molecular weight is 514 g/mol. The summed E-state index contributed by atoms with van der Waals surface area (Å²) in [5, 5.41) is 5.58. The van der Waals surface area contributed by atoms with E-state index >= 15 is 0 Å². The van der Waals surface area contributed by atoms with Crippen LogP contribution in [0.25, 0.3) is 11.3 Å². The molecule has 2 amide bonds. The highest BCUT2D eigenvalue weighted by Crippen LogP contribution is 2.38. The Morgan fingerprint density at radius 1 is 0.919 bits per heavy atom. The highest BCUT2D eigenvalue weighted by atomic mass is 32.1. The van der Waals surface area contributed by atoms with Crippen LogP contribution in [0.2, 0.25) is 0 Å². The highest BCUT2D eigenvalue weighted by molar-refractivity contribution is 7.14. The normalized spacial score (nSPS) is 14.8. The van der Waals surface area contributed by atoms with Crippen molar-refractivity contribution < 1.29 is 14.0 Å². The number of nitrogens with one attached hydrogen (secondary N) is 1. The average Bonchev–Trinajstić information content (AvgIpc) is 3.42. The van der Waals surface area contributed by atoms with E-state index in [0.717, 1.165) is 22.4 Å². The zero-order chi connectivity index (χ0) is 25.7. The fraction of sp³-hybridized carbons (Fsp3) is 0.233. The van der Waals surface area contributed by atoms with Crippen LogP contribution in [0.3, 0.4) is 0 Å². The molecule has 5 nitrogen and oxygen atoms in total. The van der Waals surface area contributed by atoms with Gasteiger partial charge < -0.3 is 10.2 Å². The van der Waals surface area contributed by atoms with Crippen LogP contribution in [-0.2, 0) is 21.4 Å². The van der Waals surface area contributed by atoms with Crippen molar-refractivity contribution >= 4 is 28.3 Å². The number of nitrogens with zero attached hydrogens (tertiary/aromatic N) is 2. The molecule has 188 valence electrons.